The van der Waals surface area contributed by atoms with Crippen molar-refractivity contribution in [3.8, 4) is 0 Å². The number of carbonyl (C=O) groups excluding carboxylic acids is 3. The first-order valence-corrected chi connectivity index (χ1v) is 10.4. The quantitative estimate of drug-likeness (QED) is 0.330. The molecule has 0 atom stereocenters. The summed E-state index contributed by atoms with van der Waals surface area (Å²) in [6, 6.07) is 15.4. The maximum atomic E-state index is 12.5. The summed E-state index contributed by atoms with van der Waals surface area (Å²) in [6.07, 6.45) is 0. The number of thioether (sulfide) groups is 1. The first kappa shape index (κ1) is 22.1. The summed E-state index contributed by atoms with van der Waals surface area (Å²) in [5.74, 6) is -0.442. The molecule has 0 unspecified atom stereocenters. The minimum absolute atomic E-state index is 0.348. The van der Waals surface area contributed by atoms with Gasteiger partial charge in [-0.3, -0.25) is 20.4 Å². The Labute approximate surface area is 183 Å². The van der Waals surface area contributed by atoms with Crippen LogP contribution in [0.15, 0.2) is 64.0 Å². The lowest BCUT2D eigenvalue weighted by Crippen LogP contribution is -2.43. The van der Waals surface area contributed by atoms with E-state index >= 15 is 0 Å². The molecular weight excluding hydrogens is 418 g/mol. The predicted octanol–water partition coefficient (Wildman–Crippen LogP) is 3.20. The zero-order valence-corrected chi connectivity index (χ0v) is 17.8. The molecule has 9 heteroatoms. The Kier molecular flexibility index (Phi) is 7.45. The van der Waals surface area contributed by atoms with Crippen LogP contribution in [0, 0.1) is 13.8 Å². The highest BCUT2D eigenvalue weighted by Gasteiger charge is 2.17. The second-order valence-electron chi connectivity index (χ2n) is 6.53. The zero-order valence-electron chi connectivity index (χ0n) is 17.0. The number of benzene rings is 2. The smallest absolute Gasteiger partial charge is 0.339 e. The van der Waals surface area contributed by atoms with Crippen LogP contribution in [0.5, 0.6) is 0 Å². The largest absolute Gasteiger partial charge is 0.452 e. The van der Waals surface area contributed by atoms with Crippen molar-refractivity contribution in [2.24, 2.45) is 0 Å². The molecule has 2 N–H and O–H groups in total. The van der Waals surface area contributed by atoms with E-state index in [1.807, 2.05) is 19.9 Å². The van der Waals surface area contributed by atoms with Crippen molar-refractivity contribution in [2.45, 2.75) is 24.5 Å². The maximum Gasteiger partial charge on any atom is 0.339 e. The number of hydrogen-bond acceptors (Lipinski definition) is 7. The number of aromatic nitrogens is 1. The highest BCUT2D eigenvalue weighted by Crippen LogP contribution is 2.29. The molecular formula is C22H21N3O5S. The number of amides is 2. The summed E-state index contributed by atoms with van der Waals surface area (Å²) >= 11 is 1.45. The van der Waals surface area contributed by atoms with Crippen LogP contribution >= 0.6 is 11.8 Å². The van der Waals surface area contributed by atoms with Crippen LogP contribution in [0.4, 0.5) is 0 Å². The minimum Gasteiger partial charge on any atom is -0.452 e. The highest BCUT2D eigenvalue weighted by molar-refractivity contribution is 7.98. The van der Waals surface area contributed by atoms with Crippen molar-refractivity contribution in [3.63, 3.8) is 0 Å². The van der Waals surface area contributed by atoms with Gasteiger partial charge in [0.25, 0.3) is 11.8 Å². The van der Waals surface area contributed by atoms with E-state index in [1.165, 1.54) is 11.8 Å². The van der Waals surface area contributed by atoms with Crippen LogP contribution < -0.4 is 10.9 Å². The van der Waals surface area contributed by atoms with Gasteiger partial charge in [-0.25, -0.2) is 4.79 Å². The summed E-state index contributed by atoms with van der Waals surface area (Å²) in [5, 5.41) is 3.93. The molecule has 2 aromatic carbocycles. The molecule has 3 rings (SSSR count). The molecule has 0 saturated heterocycles. The third-order valence-electron chi connectivity index (χ3n) is 4.35. The van der Waals surface area contributed by atoms with E-state index in [1.54, 1.807) is 48.5 Å². The fourth-order valence-electron chi connectivity index (χ4n) is 2.65. The van der Waals surface area contributed by atoms with Crippen LogP contribution in [0.2, 0.25) is 0 Å². The topological polar surface area (TPSA) is 111 Å². The Morgan fingerprint density at radius 1 is 1.00 bits per heavy atom. The molecule has 3 aromatic rings. The molecule has 0 aliphatic rings. The van der Waals surface area contributed by atoms with Gasteiger partial charge in [-0.05, 0) is 38.1 Å². The molecule has 1 aromatic heterocycles. The van der Waals surface area contributed by atoms with Crippen LogP contribution in [0.1, 0.15) is 37.7 Å². The van der Waals surface area contributed by atoms with Crippen molar-refractivity contribution < 1.29 is 23.6 Å². The standard InChI is InChI=1S/C22H21N3O5S/c1-14-18(15(2)30-25-14)13-31-19-11-7-6-10-17(19)22(28)29-12-20(26)23-24-21(27)16-8-4-3-5-9-16/h3-11H,12-13H2,1-2H3,(H,23,26)(H,24,27). The van der Waals surface area contributed by atoms with Gasteiger partial charge in [-0.15, -0.1) is 11.8 Å². The molecule has 8 nitrogen and oxygen atoms in total. The van der Waals surface area contributed by atoms with Crippen molar-refractivity contribution >= 4 is 29.5 Å². The molecule has 0 saturated carbocycles. The number of rotatable bonds is 7. The van der Waals surface area contributed by atoms with E-state index in [4.69, 9.17) is 9.26 Å². The van der Waals surface area contributed by atoms with Gasteiger partial charge in [0, 0.05) is 21.8 Å². The van der Waals surface area contributed by atoms with E-state index in [-0.39, 0.29) is 0 Å². The monoisotopic (exact) mass is 439 g/mol. The van der Waals surface area contributed by atoms with Crippen molar-refractivity contribution in [1.82, 2.24) is 16.0 Å². The van der Waals surface area contributed by atoms with Gasteiger partial charge in [-0.2, -0.15) is 0 Å². The number of hydrazine groups is 1. The van der Waals surface area contributed by atoms with Gasteiger partial charge in [0.1, 0.15) is 5.76 Å². The number of nitrogens with one attached hydrogen (secondary N) is 2. The number of carbonyl (C=O) groups is 3. The van der Waals surface area contributed by atoms with Crippen molar-refractivity contribution in [2.75, 3.05) is 6.61 Å². The molecule has 0 radical (unpaired) electrons. The van der Waals surface area contributed by atoms with E-state index in [2.05, 4.69) is 16.0 Å². The lowest BCUT2D eigenvalue weighted by molar-refractivity contribution is -0.125. The van der Waals surface area contributed by atoms with Crippen LogP contribution in [-0.4, -0.2) is 29.5 Å². The van der Waals surface area contributed by atoms with Gasteiger partial charge < -0.3 is 9.26 Å². The van der Waals surface area contributed by atoms with Gasteiger partial charge >= 0.3 is 5.97 Å². The highest BCUT2D eigenvalue weighted by atomic mass is 32.2. The maximum absolute atomic E-state index is 12.5. The minimum atomic E-state index is -0.654. The third kappa shape index (κ3) is 5.95. The SMILES string of the molecule is Cc1noc(C)c1CSc1ccccc1C(=O)OCC(=O)NNC(=O)c1ccccc1. The zero-order chi connectivity index (χ0) is 22.2. The Hall–Kier alpha value is -3.59. The number of aryl methyl sites for hydroxylation is 2. The van der Waals surface area contributed by atoms with Crippen molar-refractivity contribution in [1.29, 1.82) is 0 Å². The molecule has 0 bridgehead atoms. The fraction of sp³-hybridized carbons (Fsp3) is 0.182. The van der Waals surface area contributed by atoms with Gasteiger partial charge in [0.2, 0.25) is 0 Å². The van der Waals surface area contributed by atoms with Gasteiger partial charge in [-0.1, -0.05) is 35.5 Å². The van der Waals surface area contributed by atoms with Crippen molar-refractivity contribution in [3.05, 3.63) is 82.7 Å². The number of nitrogens with zero attached hydrogens (tertiary/aromatic N) is 1. The molecule has 0 aliphatic heterocycles. The first-order valence-electron chi connectivity index (χ1n) is 9.40. The number of hydrogen-bond donors (Lipinski definition) is 2. The van der Waals surface area contributed by atoms with E-state index in [0.29, 0.717) is 21.8 Å². The second-order valence-corrected chi connectivity index (χ2v) is 7.55. The normalized spacial score (nSPS) is 10.4. The molecule has 0 aliphatic carbocycles. The van der Waals surface area contributed by atoms with Gasteiger partial charge in [0.05, 0.1) is 11.3 Å². The third-order valence-corrected chi connectivity index (χ3v) is 5.45. The number of esters is 1. The molecule has 1 heterocycles. The Morgan fingerprint density at radius 3 is 2.42 bits per heavy atom. The molecule has 31 heavy (non-hydrogen) atoms. The van der Waals surface area contributed by atoms with E-state index in [0.717, 1.165) is 17.0 Å². The number of ether oxygens (including phenoxy) is 1. The lowest BCUT2D eigenvalue weighted by atomic mass is 10.2. The van der Waals surface area contributed by atoms with E-state index in [9.17, 15) is 14.4 Å². The summed E-state index contributed by atoms with van der Waals surface area (Å²) in [6.45, 7) is 3.17. The Balaban J connectivity index is 1.52. The fourth-order valence-corrected chi connectivity index (χ4v) is 3.85. The second kappa shape index (κ2) is 10.4. The average molecular weight is 439 g/mol. The summed E-state index contributed by atoms with van der Waals surface area (Å²) < 4.78 is 10.3. The van der Waals surface area contributed by atoms with Crippen LogP contribution in [-0.2, 0) is 15.3 Å². The summed E-state index contributed by atoms with van der Waals surface area (Å²) in [4.78, 5) is 37.1. The Bertz CT molecular complexity index is 1060. The van der Waals surface area contributed by atoms with Gasteiger partial charge in [0.15, 0.2) is 6.61 Å². The van der Waals surface area contributed by atoms with E-state index < -0.39 is 24.4 Å². The first-order chi connectivity index (χ1) is 15.0. The molecule has 0 fully saturated rings. The van der Waals surface area contributed by atoms with Crippen LogP contribution in [0.3, 0.4) is 0 Å². The Morgan fingerprint density at radius 2 is 1.71 bits per heavy atom. The average Bonchev–Trinajstić information content (AvgIpc) is 3.12. The van der Waals surface area contributed by atoms with Crippen LogP contribution in [0.25, 0.3) is 0 Å². The molecule has 160 valence electrons. The summed E-state index contributed by atoms with van der Waals surface area (Å²) in [7, 11) is 0. The molecule has 2 amide bonds. The predicted molar refractivity (Wildman–Crippen MR) is 114 cm³/mol. The lowest BCUT2D eigenvalue weighted by Gasteiger charge is -2.10. The summed E-state index contributed by atoms with van der Waals surface area (Å²) in [5.41, 5.74) is 7.01. The molecule has 0 spiro atoms.